The highest BCUT2D eigenvalue weighted by molar-refractivity contribution is 5.75. The molecule has 0 aliphatic rings. The third-order valence-corrected chi connectivity index (χ3v) is 6.17. The zero-order chi connectivity index (χ0) is 27.4. The molecule has 0 radical (unpaired) electrons. The second kappa shape index (κ2) is 11.3. The maximum Gasteiger partial charge on any atom is 0.409 e. The van der Waals surface area contributed by atoms with Gasteiger partial charge in [0.15, 0.2) is 0 Å². The number of alkyl halides is 3. The third-order valence-electron chi connectivity index (χ3n) is 6.17. The first-order valence-corrected chi connectivity index (χ1v) is 12.0. The summed E-state index contributed by atoms with van der Waals surface area (Å²) in [6.45, 7) is 2.14. The molecule has 0 saturated heterocycles. The van der Waals surface area contributed by atoms with E-state index in [0.717, 1.165) is 42.5 Å². The van der Waals surface area contributed by atoms with Gasteiger partial charge in [0.1, 0.15) is 23.3 Å². The molecule has 0 amide bonds. The van der Waals surface area contributed by atoms with Crippen LogP contribution in [-0.4, -0.2) is 6.18 Å². The Morgan fingerprint density at radius 3 is 1.53 bits per heavy atom. The summed E-state index contributed by atoms with van der Waals surface area (Å²) in [5.41, 5.74) is 1.82. The van der Waals surface area contributed by atoms with Crippen LogP contribution >= 0.6 is 0 Å². The topological polar surface area (TPSA) is 0 Å². The Hall–Kier alpha value is -3.87. The molecule has 0 unspecified atom stereocenters. The standard InChI is InChI=1S/C31H23F7/c1-2-3-4-19-5-7-20(8-6-19)21-9-11-22(12-10-21)23-15-28(34)30(29(35)16-23)24-17-26(32)25(27(33)18-24)13-14-31(36,37)38/h5-18H,2-4H2,1H3/b14-13+. The summed E-state index contributed by atoms with van der Waals surface area (Å²) in [6.07, 6.45) is -1.61. The number of unbranched alkanes of at least 4 members (excludes halogenated alkanes) is 1. The van der Waals surface area contributed by atoms with Gasteiger partial charge in [-0.1, -0.05) is 61.9 Å². The van der Waals surface area contributed by atoms with Crippen LogP contribution in [0.3, 0.4) is 0 Å². The SMILES string of the molecule is CCCCc1ccc(-c2ccc(-c3cc(F)c(-c4cc(F)c(/C=C/C(F)(F)F)c(F)c4)c(F)c3)cc2)cc1. The third kappa shape index (κ3) is 6.33. The van der Waals surface area contributed by atoms with E-state index in [4.69, 9.17) is 0 Å². The first-order chi connectivity index (χ1) is 18.1. The smallest absolute Gasteiger partial charge is 0.206 e. The summed E-state index contributed by atoms with van der Waals surface area (Å²) in [6, 6.07) is 18.6. The van der Waals surface area contributed by atoms with E-state index in [-0.39, 0.29) is 17.7 Å². The molecule has 0 saturated carbocycles. The van der Waals surface area contributed by atoms with Gasteiger partial charge in [0.05, 0.1) is 5.56 Å². The van der Waals surface area contributed by atoms with Crippen LogP contribution in [0.2, 0.25) is 0 Å². The highest BCUT2D eigenvalue weighted by Crippen LogP contribution is 2.34. The van der Waals surface area contributed by atoms with Gasteiger partial charge in [-0.3, -0.25) is 0 Å². The molecule has 0 spiro atoms. The minimum absolute atomic E-state index is 0.218. The predicted octanol–water partition coefficient (Wildman–Crippen LogP) is 10.2. The van der Waals surface area contributed by atoms with Crippen molar-refractivity contribution < 1.29 is 30.7 Å². The molecule has 38 heavy (non-hydrogen) atoms. The molecule has 0 heterocycles. The number of hydrogen-bond donors (Lipinski definition) is 0. The van der Waals surface area contributed by atoms with Crippen molar-refractivity contribution in [2.24, 2.45) is 0 Å². The number of aryl methyl sites for hydroxylation is 1. The number of benzene rings is 4. The second-order valence-electron chi connectivity index (χ2n) is 8.92. The fourth-order valence-electron chi connectivity index (χ4n) is 4.18. The van der Waals surface area contributed by atoms with E-state index in [2.05, 4.69) is 19.1 Å². The van der Waals surface area contributed by atoms with Crippen molar-refractivity contribution in [3.05, 3.63) is 113 Å². The van der Waals surface area contributed by atoms with Crippen LogP contribution in [-0.2, 0) is 6.42 Å². The summed E-state index contributed by atoms with van der Waals surface area (Å²) in [4.78, 5) is 0. The molecule has 0 fully saturated rings. The monoisotopic (exact) mass is 528 g/mol. The van der Waals surface area contributed by atoms with Crippen LogP contribution in [0, 0.1) is 23.3 Å². The summed E-state index contributed by atoms with van der Waals surface area (Å²) >= 11 is 0. The van der Waals surface area contributed by atoms with Gasteiger partial charge < -0.3 is 0 Å². The quantitative estimate of drug-likeness (QED) is 0.209. The van der Waals surface area contributed by atoms with Gasteiger partial charge >= 0.3 is 6.18 Å². The van der Waals surface area contributed by atoms with E-state index in [0.29, 0.717) is 17.7 Å². The molecule has 7 heteroatoms. The molecule has 0 N–H and O–H groups in total. The van der Waals surface area contributed by atoms with Crippen LogP contribution < -0.4 is 0 Å². The first kappa shape index (κ1) is 27.2. The number of hydrogen-bond acceptors (Lipinski definition) is 0. The highest BCUT2D eigenvalue weighted by Gasteiger charge is 2.23. The molecule has 0 aliphatic heterocycles. The molecule has 0 bridgehead atoms. The summed E-state index contributed by atoms with van der Waals surface area (Å²) in [7, 11) is 0. The molecule has 0 aliphatic carbocycles. The summed E-state index contributed by atoms with van der Waals surface area (Å²) in [5, 5.41) is 0. The number of rotatable bonds is 7. The lowest BCUT2D eigenvalue weighted by Crippen LogP contribution is -2.01. The van der Waals surface area contributed by atoms with Gasteiger partial charge in [-0.25, -0.2) is 17.6 Å². The Morgan fingerprint density at radius 2 is 1.05 bits per heavy atom. The maximum absolute atomic E-state index is 15.0. The molecule has 196 valence electrons. The van der Waals surface area contributed by atoms with Crippen LogP contribution in [0.5, 0.6) is 0 Å². The van der Waals surface area contributed by atoms with E-state index in [1.54, 1.807) is 12.1 Å². The van der Waals surface area contributed by atoms with Gasteiger partial charge in [-0.05, 0) is 76.6 Å². The summed E-state index contributed by atoms with van der Waals surface area (Å²) < 4.78 is 95.7. The van der Waals surface area contributed by atoms with Crippen molar-refractivity contribution in [3.63, 3.8) is 0 Å². The van der Waals surface area contributed by atoms with Gasteiger partial charge in [0, 0.05) is 11.6 Å². The Labute approximate surface area is 216 Å². The average Bonchev–Trinajstić information content (AvgIpc) is 2.86. The first-order valence-electron chi connectivity index (χ1n) is 12.0. The van der Waals surface area contributed by atoms with Gasteiger partial charge in [0.25, 0.3) is 0 Å². The van der Waals surface area contributed by atoms with E-state index >= 15 is 0 Å². The van der Waals surface area contributed by atoms with Crippen LogP contribution in [0.25, 0.3) is 39.5 Å². The molecular formula is C31H23F7. The number of halogens is 7. The molecule has 0 atom stereocenters. The Bertz CT molecular complexity index is 1400. The Balaban J connectivity index is 1.60. The minimum atomic E-state index is -4.78. The van der Waals surface area contributed by atoms with E-state index < -0.39 is 46.1 Å². The Kier molecular flexibility index (Phi) is 8.05. The van der Waals surface area contributed by atoms with E-state index in [1.165, 1.54) is 5.56 Å². The van der Waals surface area contributed by atoms with Gasteiger partial charge in [-0.2, -0.15) is 13.2 Å². The van der Waals surface area contributed by atoms with Crippen LogP contribution in [0.15, 0.2) is 78.9 Å². The van der Waals surface area contributed by atoms with Crippen molar-refractivity contribution in [2.45, 2.75) is 32.4 Å². The molecule has 4 aromatic rings. The van der Waals surface area contributed by atoms with Crippen molar-refractivity contribution in [1.82, 2.24) is 0 Å². The molecule has 0 aromatic heterocycles. The van der Waals surface area contributed by atoms with E-state index in [1.807, 2.05) is 24.3 Å². The fourth-order valence-corrected chi connectivity index (χ4v) is 4.18. The molecule has 4 rings (SSSR count). The Morgan fingerprint density at radius 1 is 0.605 bits per heavy atom. The minimum Gasteiger partial charge on any atom is -0.206 e. The van der Waals surface area contributed by atoms with Gasteiger partial charge in [-0.15, -0.1) is 0 Å². The van der Waals surface area contributed by atoms with Gasteiger partial charge in [0.2, 0.25) is 0 Å². The zero-order valence-corrected chi connectivity index (χ0v) is 20.3. The highest BCUT2D eigenvalue weighted by atomic mass is 19.4. The maximum atomic E-state index is 15.0. The lowest BCUT2D eigenvalue weighted by molar-refractivity contribution is -0.0790. The van der Waals surface area contributed by atoms with Crippen molar-refractivity contribution in [1.29, 1.82) is 0 Å². The summed E-state index contributed by atoms with van der Waals surface area (Å²) in [5.74, 6) is -4.89. The molecular weight excluding hydrogens is 505 g/mol. The second-order valence-corrected chi connectivity index (χ2v) is 8.92. The van der Waals surface area contributed by atoms with Crippen molar-refractivity contribution in [3.8, 4) is 33.4 Å². The molecule has 0 nitrogen and oxygen atoms in total. The normalized spacial score (nSPS) is 11.9. The lowest BCUT2D eigenvalue weighted by atomic mass is 9.96. The fraction of sp³-hybridized carbons (Fsp3) is 0.161. The largest absolute Gasteiger partial charge is 0.409 e. The zero-order valence-electron chi connectivity index (χ0n) is 20.3. The van der Waals surface area contributed by atoms with Crippen molar-refractivity contribution >= 4 is 6.08 Å². The van der Waals surface area contributed by atoms with E-state index in [9.17, 15) is 30.7 Å². The lowest BCUT2D eigenvalue weighted by Gasteiger charge is -2.11. The van der Waals surface area contributed by atoms with Crippen LogP contribution in [0.1, 0.15) is 30.9 Å². The van der Waals surface area contributed by atoms with Crippen LogP contribution in [0.4, 0.5) is 30.7 Å². The average molecular weight is 529 g/mol. The van der Waals surface area contributed by atoms with Crippen molar-refractivity contribution in [2.75, 3.05) is 0 Å². The predicted molar refractivity (Wildman–Crippen MR) is 136 cm³/mol. The number of allylic oxidation sites excluding steroid dienone is 1. The molecule has 4 aromatic carbocycles.